The Morgan fingerprint density at radius 3 is 2.67 bits per heavy atom. The zero-order valence-electron chi connectivity index (χ0n) is 10.9. The summed E-state index contributed by atoms with van der Waals surface area (Å²) in [4.78, 5) is 5.10. The number of aromatic hydroxyl groups is 1. The number of halogens is 1. The minimum absolute atomic E-state index is 0.248. The molecule has 1 N–H and O–H groups in total. The van der Waals surface area contributed by atoms with Crippen molar-refractivity contribution in [2.24, 2.45) is 0 Å². The Morgan fingerprint density at radius 1 is 1.10 bits per heavy atom. The second kappa shape index (κ2) is 6.20. The predicted octanol–water partition coefficient (Wildman–Crippen LogP) is 4.39. The molecule has 4 nitrogen and oxygen atoms in total. The summed E-state index contributed by atoms with van der Waals surface area (Å²) in [6.07, 6.45) is 0. The highest BCUT2D eigenvalue weighted by atomic mass is 35.5. The number of rotatable bonds is 4. The third kappa shape index (κ3) is 3.20. The predicted molar refractivity (Wildman–Crippen MR) is 82.4 cm³/mol. The van der Waals surface area contributed by atoms with Crippen LogP contribution < -0.4 is 0 Å². The first kappa shape index (κ1) is 14.0. The van der Waals surface area contributed by atoms with Crippen molar-refractivity contribution in [2.75, 3.05) is 0 Å². The maximum Gasteiger partial charge on any atom is 0.259 e. The van der Waals surface area contributed by atoms with Gasteiger partial charge in [-0.3, -0.25) is 0 Å². The zero-order valence-corrected chi connectivity index (χ0v) is 12.4. The molecular weight excluding hydrogens is 308 g/mol. The van der Waals surface area contributed by atoms with Crippen LogP contribution in [0.3, 0.4) is 0 Å². The lowest BCUT2D eigenvalue weighted by Crippen LogP contribution is -1.85. The SMILES string of the molecule is Oc1ccccc1SCc1noc(-c2ccccc2Cl)n1. The number of phenolic OH excluding ortho intramolecular Hbond substituents is 1. The van der Waals surface area contributed by atoms with Crippen LogP contribution in [0.15, 0.2) is 57.9 Å². The summed E-state index contributed by atoms with van der Waals surface area (Å²) in [6, 6.07) is 14.5. The van der Waals surface area contributed by atoms with Gasteiger partial charge in [0.25, 0.3) is 5.89 Å². The van der Waals surface area contributed by atoms with Crippen molar-refractivity contribution in [2.45, 2.75) is 10.6 Å². The van der Waals surface area contributed by atoms with Crippen LogP contribution in [-0.2, 0) is 5.75 Å². The van der Waals surface area contributed by atoms with E-state index in [4.69, 9.17) is 16.1 Å². The first-order chi connectivity index (χ1) is 10.2. The van der Waals surface area contributed by atoms with E-state index < -0.39 is 0 Å². The largest absolute Gasteiger partial charge is 0.507 e. The lowest BCUT2D eigenvalue weighted by Gasteiger charge is -2.00. The van der Waals surface area contributed by atoms with Crippen LogP contribution in [-0.4, -0.2) is 15.2 Å². The average Bonchev–Trinajstić information content (AvgIpc) is 2.96. The fourth-order valence-electron chi connectivity index (χ4n) is 1.78. The van der Waals surface area contributed by atoms with Crippen molar-refractivity contribution < 1.29 is 9.63 Å². The number of aromatic nitrogens is 2. The molecule has 0 unspecified atom stereocenters. The van der Waals surface area contributed by atoms with Crippen molar-refractivity contribution in [3.05, 3.63) is 59.4 Å². The number of phenols is 1. The lowest BCUT2D eigenvalue weighted by molar-refractivity contribution is 0.425. The summed E-state index contributed by atoms with van der Waals surface area (Å²) in [5, 5.41) is 14.2. The highest BCUT2D eigenvalue weighted by Crippen LogP contribution is 2.31. The van der Waals surface area contributed by atoms with Gasteiger partial charge in [0.1, 0.15) is 5.75 Å². The molecular formula is C15H11ClN2O2S. The summed E-state index contributed by atoms with van der Waals surface area (Å²) in [5.74, 6) is 1.70. The molecule has 0 aliphatic carbocycles. The van der Waals surface area contributed by atoms with E-state index in [9.17, 15) is 5.11 Å². The van der Waals surface area contributed by atoms with Crippen LogP contribution in [0.1, 0.15) is 5.82 Å². The Kier molecular flexibility index (Phi) is 4.13. The Balaban J connectivity index is 1.74. The molecule has 0 aliphatic rings. The summed E-state index contributed by atoms with van der Waals surface area (Å²) < 4.78 is 5.23. The minimum Gasteiger partial charge on any atom is -0.507 e. The molecule has 0 aliphatic heterocycles. The van der Waals surface area contributed by atoms with Gasteiger partial charge in [0.2, 0.25) is 0 Å². The maximum absolute atomic E-state index is 9.71. The third-order valence-corrected chi connectivity index (χ3v) is 4.18. The summed E-state index contributed by atoms with van der Waals surface area (Å²) in [5.41, 5.74) is 0.713. The highest BCUT2D eigenvalue weighted by Gasteiger charge is 2.12. The molecule has 0 fully saturated rings. The molecule has 0 atom stereocenters. The number of hydrogen-bond acceptors (Lipinski definition) is 5. The van der Waals surface area contributed by atoms with Crippen molar-refractivity contribution in [3.63, 3.8) is 0 Å². The smallest absolute Gasteiger partial charge is 0.259 e. The average molecular weight is 319 g/mol. The second-order valence-corrected chi connectivity index (χ2v) is 5.68. The van der Waals surface area contributed by atoms with E-state index in [1.54, 1.807) is 18.2 Å². The monoisotopic (exact) mass is 318 g/mol. The van der Waals surface area contributed by atoms with Gasteiger partial charge in [0.05, 0.1) is 16.3 Å². The normalized spacial score (nSPS) is 10.7. The Labute approximate surface area is 130 Å². The molecule has 1 aromatic heterocycles. The van der Waals surface area contributed by atoms with E-state index in [1.807, 2.05) is 30.3 Å². The molecule has 3 rings (SSSR count). The fourth-order valence-corrected chi connectivity index (χ4v) is 2.79. The number of hydrogen-bond donors (Lipinski definition) is 1. The number of benzene rings is 2. The topological polar surface area (TPSA) is 59.2 Å². The van der Waals surface area contributed by atoms with Crippen LogP contribution in [0.25, 0.3) is 11.5 Å². The van der Waals surface area contributed by atoms with Crippen molar-refractivity contribution in [3.8, 4) is 17.2 Å². The molecule has 0 spiro atoms. The van der Waals surface area contributed by atoms with E-state index in [0.29, 0.717) is 28.1 Å². The zero-order chi connectivity index (χ0) is 14.7. The standard InChI is InChI=1S/C15H11ClN2O2S/c16-11-6-2-1-5-10(11)15-17-14(18-20-15)9-21-13-8-4-3-7-12(13)19/h1-8,19H,9H2. The van der Waals surface area contributed by atoms with Crippen LogP contribution >= 0.6 is 23.4 Å². The van der Waals surface area contributed by atoms with E-state index in [1.165, 1.54) is 11.8 Å². The van der Waals surface area contributed by atoms with Gasteiger partial charge in [0.15, 0.2) is 5.82 Å². The molecule has 0 bridgehead atoms. The van der Waals surface area contributed by atoms with Gasteiger partial charge in [0, 0.05) is 4.90 Å². The number of nitrogens with zero attached hydrogens (tertiary/aromatic N) is 2. The molecule has 0 amide bonds. The Bertz CT molecular complexity index is 761. The van der Waals surface area contributed by atoms with Crippen molar-refractivity contribution in [1.29, 1.82) is 0 Å². The quantitative estimate of drug-likeness (QED) is 0.723. The molecule has 0 saturated heterocycles. The van der Waals surface area contributed by atoms with E-state index >= 15 is 0 Å². The Hall–Kier alpha value is -1.98. The molecule has 0 radical (unpaired) electrons. The molecule has 21 heavy (non-hydrogen) atoms. The van der Waals surface area contributed by atoms with E-state index in [2.05, 4.69) is 10.1 Å². The summed E-state index contributed by atoms with van der Waals surface area (Å²) >= 11 is 7.54. The molecule has 3 aromatic rings. The van der Waals surface area contributed by atoms with Crippen molar-refractivity contribution >= 4 is 23.4 Å². The fraction of sp³-hybridized carbons (Fsp3) is 0.0667. The second-order valence-electron chi connectivity index (χ2n) is 4.25. The van der Waals surface area contributed by atoms with E-state index in [-0.39, 0.29) is 5.75 Å². The van der Waals surface area contributed by atoms with Crippen LogP contribution in [0.2, 0.25) is 5.02 Å². The van der Waals surface area contributed by atoms with E-state index in [0.717, 1.165) is 4.90 Å². The first-order valence-corrected chi connectivity index (χ1v) is 7.58. The number of thioether (sulfide) groups is 1. The molecule has 6 heteroatoms. The van der Waals surface area contributed by atoms with Crippen molar-refractivity contribution in [1.82, 2.24) is 10.1 Å². The van der Waals surface area contributed by atoms with Gasteiger partial charge in [-0.1, -0.05) is 41.0 Å². The van der Waals surface area contributed by atoms with Gasteiger partial charge in [-0.2, -0.15) is 4.98 Å². The first-order valence-electron chi connectivity index (χ1n) is 6.22. The summed E-state index contributed by atoms with van der Waals surface area (Å²) in [7, 11) is 0. The van der Waals surface area contributed by atoms with Gasteiger partial charge in [-0.15, -0.1) is 11.8 Å². The summed E-state index contributed by atoms with van der Waals surface area (Å²) in [6.45, 7) is 0. The number of para-hydroxylation sites is 1. The molecule has 2 aromatic carbocycles. The van der Waals surface area contributed by atoms with Crippen LogP contribution in [0.5, 0.6) is 5.75 Å². The molecule has 0 saturated carbocycles. The Morgan fingerprint density at radius 2 is 1.86 bits per heavy atom. The van der Waals surface area contributed by atoms with Gasteiger partial charge >= 0.3 is 0 Å². The maximum atomic E-state index is 9.71. The van der Waals surface area contributed by atoms with Gasteiger partial charge < -0.3 is 9.63 Å². The third-order valence-electron chi connectivity index (χ3n) is 2.79. The van der Waals surface area contributed by atoms with Crippen LogP contribution in [0, 0.1) is 0 Å². The van der Waals surface area contributed by atoms with Crippen LogP contribution in [0.4, 0.5) is 0 Å². The molecule has 106 valence electrons. The molecule has 1 heterocycles. The lowest BCUT2D eigenvalue weighted by atomic mass is 10.2. The highest BCUT2D eigenvalue weighted by molar-refractivity contribution is 7.98. The van der Waals surface area contributed by atoms with Gasteiger partial charge in [-0.25, -0.2) is 0 Å². The minimum atomic E-state index is 0.248. The van der Waals surface area contributed by atoms with Gasteiger partial charge in [-0.05, 0) is 24.3 Å².